The van der Waals surface area contributed by atoms with Crippen LogP contribution in [-0.4, -0.2) is 45.5 Å². The number of nitrogens with zero attached hydrogens (tertiary/aromatic N) is 3. The lowest BCUT2D eigenvalue weighted by atomic mass is 10.1. The Balaban J connectivity index is 2.23. The summed E-state index contributed by atoms with van der Waals surface area (Å²) in [5, 5.41) is 8.83. The molecule has 0 aromatic carbocycles. The molecule has 0 amide bonds. The van der Waals surface area contributed by atoms with E-state index in [1.165, 1.54) is 4.57 Å². The third-order valence-electron chi connectivity index (χ3n) is 4.79. The van der Waals surface area contributed by atoms with Gasteiger partial charge in [0.1, 0.15) is 12.5 Å². The average molecular weight is 378 g/mol. The molecule has 0 spiro atoms. The molecule has 1 aliphatic heterocycles. The van der Waals surface area contributed by atoms with Crippen molar-refractivity contribution in [2.75, 3.05) is 6.61 Å². The topological polar surface area (TPSA) is 100 Å². The number of nitriles is 1. The Hall–Kier alpha value is -1.95. The van der Waals surface area contributed by atoms with Crippen LogP contribution in [0.15, 0.2) is 15.8 Å². The lowest BCUT2D eigenvalue weighted by Crippen LogP contribution is -2.52. The van der Waals surface area contributed by atoms with Gasteiger partial charge >= 0.3 is 5.69 Å². The van der Waals surface area contributed by atoms with Crippen LogP contribution >= 0.6 is 0 Å². The standard InChI is InChI=1S/C19H30N4O4/c1-12(2)23(13(3)4)18(26-10-6-9-20)15-7-8-16(27-15)22-11-14(5)17(24)21-19(22)25/h11-13,15-16,18H,6-8,10H2,1-5H3,(H,21,24,25)/t15-,16+,18?/m0/s1. The van der Waals surface area contributed by atoms with Crippen molar-refractivity contribution in [3.05, 3.63) is 32.6 Å². The lowest BCUT2D eigenvalue weighted by Gasteiger charge is -2.40. The van der Waals surface area contributed by atoms with Crippen LogP contribution < -0.4 is 11.2 Å². The van der Waals surface area contributed by atoms with E-state index in [0.29, 0.717) is 25.0 Å². The molecule has 1 fully saturated rings. The minimum Gasteiger partial charge on any atom is -0.359 e. The normalized spacial score (nSPS) is 21.1. The third-order valence-corrected chi connectivity index (χ3v) is 4.79. The highest BCUT2D eigenvalue weighted by Crippen LogP contribution is 2.32. The molecule has 1 N–H and O–H groups in total. The second-order valence-electron chi connectivity index (χ2n) is 7.49. The van der Waals surface area contributed by atoms with Crippen LogP contribution in [-0.2, 0) is 9.47 Å². The van der Waals surface area contributed by atoms with Gasteiger partial charge in [0.2, 0.25) is 0 Å². The Labute approximate surface area is 159 Å². The first-order valence-electron chi connectivity index (χ1n) is 9.49. The minimum atomic E-state index is -0.470. The first-order chi connectivity index (χ1) is 12.8. The second kappa shape index (κ2) is 9.31. The highest BCUT2D eigenvalue weighted by atomic mass is 16.6. The highest BCUT2D eigenvalue weighted by Gasteiger charge is 2.38. The third kappa shape index (κ3) is 5.06. The van der Waals surface area contributed by atoms with Crippen LogP contribution in [0, 0.1) is 18.3 Å². The predicted octanol–water partition coefficient (Wildman–Crippen LogP) is 1.90. The zero-order chi connectivity index (χ0) is 20.1. The van der Waals surface area contributed by atoms with E-state index in [-0.39, 0.29) is 30.0 Å². The molecule has 27 heavy (non-hydrogen) atoms. The van der Waals surface area contributed by atoms with Gasteiger partial charge in [-0.2, -0.15) is 5.26 Å². The van der Waals surface area contributed by atoms with Crippen molar-refractivity contribution in [1.82, 2.24) is 14.5 Å². The fourth-order valence-corrected chi connectivity index (χ4v) is 3.65. The van der Waals surface area contributed by atoms with Crippen LogP contribution in [0.3, 0.4) is 0 Å². The van der Waals surface area contributed by atoms with Gasteiger partial charge in [0.05, 0.1) is 25.2 Å². The lowest BCUT2D eigenvalue weighted by molar-refractivity contribution is -0.166. The Bertz CT molecular complexity index is 769. The van der Waals surface area contributed by atoms with Crippen molar-refractivity contribution >= 4 is 0 Å². The SMILES string of the molecule is Cc1cn([C@H]2CC[C@@H](C(OCCC#N)N(C(C)C)C(C)C)O2)c(=O)[nH]c1=O. The van der Waals surface area contributed by atoms with E-state index < -0.39 is 11.9 Å². The van der Waals surface area contributed by atoms with Crippen molar-refractivity contribution in [3.8, 4) is 6.07 Å². The molecule has 150 valence electrons. The first-order valence-corrected chi connectivity index (χ1v) is 9.49. The van der Waals surface area contributed by atoms with Crippen LogP contribution in [0.5, 0.6) is 0 Å². The molecule has 1 aromatic rings. The molecule has 8 nitrogen and oxygen atoms in total. The number of aryl methyl sites for hydroxylation is 1. The van der Waals surface area contributed by atoms with Crippen LogP contribution in [0.1, 0.15) is 58.7 Å². The number of ether oxygens (including phenoxy) is 2. The van der Waals surface area contributed by atoms with Gasteiger partial charge in [-0.1, -0.05) is 0 Å². The van der Waals surface area contributed by atoms with Crippen LogP contribution in [0.2, 0.25) is 0 Å². The first kappa shape index (κ1) is 21.4. The molecule has 2 heterocycles. The smallest absolute Gasteiger partial charge is 0.330 e. The van der Waals surface area contributed by atoms with Gasteiger partial charge in [0.25, 0.3) is 5.56 Å². The number of aromatic amines is 1. The Morgan fingerprint density at radius 1 is 1.33 bits per heavy atom. The summed E-state index contributed by atoms with van der Waals surface area (Å²) in [6.07, 6.45) is 2.26. The molecule has 2 rings (SSSR count). The van der Waals surface area contributed by atoms with Crippen molar-refractivity contribution in [3.63, 3.8) is 0 Å². The zero-order valence-corrected chi connectivity index (χ0v) is 16.8. The molecule has 0 saturated carbocycles. The van der Waals surface area contributed by atoms with Gasteiger partial charge in [-0.3, -0.25) is 19.2 Å². The Morgan fingerprint density at radius 3 is 2.59 bits per heavy atom. The summed E-state index contributed by atoms with van der Waals surface area (Å²) < 4.78 is 13.7. The largest absolute Gasteiger partial charge is 0.359 e. The molecule has 1 aliphatic rings. The number of H-pyrrole nitrogens is 1. The minimum absolute atomic E-state index is 0.224. The van der Waals surface area contributed by atoms with Crippen LogP contribution in [0.4, 0.5) is 0 Å². The maximum absolute atomic E-state index is 12.2. The summed E-state index contributed by atoms with van der Waals surface area (Å²) in [5.74, 6) is 0. The summed E-state index contributed by atoms with van der Waals surface area (Å²) in [6, 6.07) is 2.57. The molecular formula is C19H30N4O4. The maximum Gasteiger partial charge on any atom is 0.330 e. The van der Waals surface area contributed by atoms with E-state index in [1.54, 1.807) is 13.1 Å². The van der Waals surface area contributed by atoms with Gasteiger partial charge in [0.15, 0.2) is 0 Å². The predicted molar refractivity (Wildman–Crippen MR) is 101 cm³/mol. The second-order valence-corrected chi connectivity index (χ2v) is 7.49. The molecule has 1 saturated heterocycles. The number of aromatic nitrogens is 2. The van der Waals surface area contributed by atoms with Gasteiger partial charge < -0.3 is 9.47 Å². The van der Waals surface area contributed by atoms with Crippen molar-refractivity contribution in [1.29, 1.82) is 5.26 Å². The van der Waals surface area contributed by atoms with E-state index in [9.17, 15) is 9.59 Å². The Kier molecular flexibility index (Phi) is 7.36. The van der Waals surface area contributed by atoms with E-state index >= 15 is 0 Å². The van der Waals surface area contributed by atoms with Crippen LogP contribution in [0.25, 0.3) is 0 Å². The molecular weight excluding hydrogens is 348 g/mol. The summed E-state index contributed by atoms with van der Waals surface area (Å²) in [7, 11) is 0. The molecule has 1 aromatic heterocycles. The fourth-order valence-electron chi connectivity index (χ4n) is 3.65. The monoisotopic (exact) mass is 378 g/mol. The molecule has 3 atom stereocenters. The van der Waals surface area contributed by atoms with Crippen molar-refractivity contribution in [2.24, 2.45) is 0 Å². The van der Waals surface area contributed by atoms with Gasteiger partial charge in [-0.15, -0.1) is 0 Å². The average Bonchev–Trinajstić information content (AvgIpc) is 3.06. The highest BCUT2D eigenvalue weighted by molar-refractivity contribution is 5.01. The van der Waals surface area contributed by atoms with Gasteiger partial charge in [-0.05, 0) is 47.5 Å². The molecule has 0 bridgehead atoms. The number of hydrogen-bond donors (Lipinski definition) is 1. The summed E-state index contributed by atoms with van der Waals surface area (Å²) in [6.45, 7) is 10.4. The number of nitrogens with one attached hydrogen (secondary N) is 1. The summed E-state index contributed by atoms with van der Waals surface area (Å²) in [5.41, 5.74) is -0.383. The molecule has 8 heteroatoms. The summed E-state index contributed by atoms with van der Waals surface area (Å²) >= 11 is 0. The number of hydrogen-bond acceptors (Lipinski definition) is 6. The van der Waals surface area contributed by atoms with Gasteiger partial charge in [0, 0.05) is 23.8 Å². The quantitative estimate of drug-likeness (QED) is 0.548. The Morgan fingerprint density at radius 2 is 2.00 bits per heavy atom. The van der Waals surface area contributed by atoms with E-state index in [2.05, 4.69) is 43.6 Å². The number of rotatable bonds is 8. The van der Waals surface area contributed by atoms with Gasteiger partial charge in [-0.25, -0.2) is 4.79 Å². The van der Waals surface area contributed by atoms with E-state index in [4.69, 9.17) is 14.7 Å². The molecule has 0 aliphatic carbocycles. The van der Waals surface area contributed by atoms with E-state index in [1.807, 2.05) is 0 Å². The van der Waals surface area contributed by atoms with Crippen molar-refractivity contribution in [2.45, 2.75) is 84.5 Å². The van der Waals surface area contributed by atoms with E-state index in [0.717, 1.165) is 6.42 Å². The zero-order valence-electron chi connectivity index (χ0n) is 16.8. The maximum atomic E-state index is 12.2. The fraction of sp³-hybridized carbons (Fsp3) is 0.737. The van der Waals surface area contributed by atoms with Crippen molar-refractivity contribution < 1.29 is 9.47 Å². The molecule has 1 unspecified atom stereocenters. The summed E-state index contributed by atoms with van der Waals surface area (Å²) in [4.78, 5) is 28.3. The molecule has 0 radical (unpaired) electrons.